The maximum absolute atomic E-state index is 5.76. The molecule has 2 rings (SSSR count). The Balaban J connectivity index is 2.60. The second-order valence-corrected chi connectivity index (χ2v) is 3.75. The fraction of sp³-hybridized carbons (Fsp3) is 0.222. The predicted octanol–water partition coefficient (Wildman–Crippen LogP) is 2.32. The Morgan fingerprint density at radius 2 is 2.33 bits per heavy atom. The monoisotopic (exact) mass is 178 g/mol. The highest BCUT2D eigenvalue weighted by Gasteiger charge is 2.01. The third kappa shape index (κ3) is 1.21. The van der Waals surface area contributed by atoms with E-state index >= 15 is 0 Å². The molecule has 0 spiro atoms. The van der Waals surface area contributed by atoms with Crippen LogP contribution in [0.25, 0.3) is 10.2 Å². The lowest BCUT2D eigenvalue weighted by atomic mass is 10.1. The summed E-state index contributed by atoms with van der Waals surface area (Å²) in [6, 6.07) is 6.27. The number of hydrogen-bond donors (Lipinski definition) is 1. The molecule has 1 heterocycles. The maximum Gasteiger partial charge on any atom is 0.0812 e. The summed E-state index contributed by atoms with van der Waals surface area (Å²) in [5, 5.41) is 0. The largest absolute Gasteiger partial charge is 0.324 e. The van der Waals surface area contributed by atoms with Crippen LogP contribution < -0.4 is 5.73 Å². The Morgan fingerprint density at radius 1 is 1.50 bits per heavy atom. The summed E-state index contributed by atoms with van der Waals surface area (Å²) in [5.41, 5.74) is 9.85. The molecule has 1 aromatic carbocycles. The molecule has 0 saturated heterocycles. The molecule has 0 unspecified atom stereocenters. The van der Waals surface area contributed by atoms with Crippen LogP contribution in [0.15, 0.2) is 23.7 Å². The Hall–Kier alpha value is -0.930. The number of aromatic nitrogens is 1. The number of rotatable bonds is 1. The van der Waals surface area contributed by atoms with Crippen molar-refractivity contribution in [3.05, 3.63) is 29.3 Å². The Kier molecular flexibility index (Phi) is 1.83. The van der Waals surface area contributed by atoms with Crippen molar-refractivity contribution in [3.8, 4) is 0 Å². The molecule has 2 nitrogen and oxygen atoms in total. The number of nitrogens with zero attached hydrogens (tertiary/aromatic N) is 1. The van der Waals surface area contributed by atoms with Crippen LogP contribution in [0.3, 0.4) is 0 Å². The van der Waals surface area contributed by atoms with Gasteiger partial charge in [0.2, 0.25) is 0 Å². The van der Waals surface area contributed by atoms with Gasteiger partial charge in [-0.25, -0.2) is 4.98 Å². The van der Waals surface area contributed by atoms with E-state index in [2.05, 4.69) is 11.1 Å². The number of hydrogen-bond acceptors (Lipinski definition) is 3. The smallest absolute Gasteiger partial charge is 0.0812 e. The lowest BCUT2D eigenvalue weighted by Gasteiger charge is -2.03. The van der Waals surface area contributed by atoms with Crippen LogP contribution in [0, 0.1) is 0 Å². The summed E-state index contributed by atoms with van der Waals surface area (Å²) in [4.78, 5) is 4.20. The summed E-state index contributed by atoms with van der Waals surface area (Å²) in [6.07, 6.45) is 0. The van der Waals surface area contributed by atoms with Crippen LogP contribution in [0.5, 0.6) is 0 Å². The quantitative estimate of drug-likeness (QED) is 0.727. The normalized spacial score (nSPS) is 13.5. The highest BCUT2D eigenvalue weighted by atomic mass is 32.1. The van der Waals surface area contributed by atoms with Gasteiger partial charge in [-0.1, -0.05) is 6.07 Å². The number of benzene rings is 1. The molecule has 3 heteroatoms. The molecule has 1 atom stereocenters. The van der Waals surface area contributed by atoms with Crippen molar-refractivity contribution in [1.82, 2.24) is 4.98 Å². The van der Waals surface area contributed by atoms with E-state index in [1.54, 1.807) is 11.3 Å². The molecule has 12 heavy (non-hydrogen) atoms. The van der Waals surface area contributed by atoms with Crippen LogP contribution >= 0.6 is 11.3 Å². The van der Waals surface area contributed by atoms with E-state index in [0.717, 1.165) is 5.52 Å². The average molecular weight is 178 g/mol. The lowest BCUT2D eigenvalue weighted by molar-refractivity contribution is 0.820. The Labute approximate surface area is 75.0 Å². The molecule has 0 radical (unpaired) electrons. The second-order valence-electron chi connectivity index (χ2n) is 2.87. The first-order valence-electron chi connectivity index (χ1n) is 3.86. The van der Waals surface area contributed by atoms with E-state index in [1.165, 1.54) is 10.3 Å². The molecule has 0 aliphatic heterocycles. The zero-order valence-electron chi connectivity index (χ0n) is 6.82. The first-order valence-corrected chi connectivity index (χ1v) is 4.74. The van der Waals surface area contributed by atoms with Crippen LogP contribution in [0.1, 0.15) is 18.5 Å². The molecule has 1 aromatic heterocycles. The SMILES string of the molecule is C[C@@H](N)c1ccc2ncsc2c1. The molecule has 0 aliphatic carbocycles. The zero-order chi connectivity index (χ0) is 8.55. The number of fused-ring (bicyclic) bond motifs is 1. The maximum atomic E-state index is 5.76. The highest BCUT2D eigenvalue weighted by Crippen LogP contribution is 2.21. The molecule has 2 N–H and O–H groups in total. The van der Waals surface area contributed by atoms with Crippen molar-refractivity contribution >= 4 is 21.6 Å². The summed E-state index contributed by atoms with van der Waals surface area (Å²) in [6.45, 7) is 1.99. The van der Waals surface area contributed by atoms with E-state index in [9.17, 15) is 0 Å². The van der Waals surface area contributed by atoms with E-state index in [4.69, 9.17) is 5.73 Å². The van der Waals surface area contributed by atoms with Crippen molar-refractivity contribution in [1.29, 1.82) is 0 Å². The van der Waals surface area contributed by atoms with Gasteiger partial charge in [-0.3, -0.25) is 0 Å². The minimum Gasteiger partial charge on any atom is -0.324 e. The minimum absolute atomic E-state index is 0.108. The molecule has 0 fully saturated rings. The Morgan fingerprint density at radius 3 is 3.08 bits per heavy atom. The molecule has 62 valence electrons. The molecule has 0 amide bonds. The van der Waals surface area contributed by atoms with E-state index in [-0.39, 0.29) is 6.04 Å². The first-order chi connectivity index (χ1) is 5.77. The molecular weight excluding hydrogens is 168 g/mol. The van der Waals surface area contributed by atoms with Crippen molar-refractivity contribution in [2.75, 3.05) is 0 Å². The number of thiazole rings is 1. The highest BCUT2D eigenvalue weighted by molar-refractivity contribution is 7.16. The van der Waals surface area contributed by atoms with Gasteiger partial charge in [-0.05, 0) is 24.6 Å². The molecule has 0 bridgehead atoms. The third-order valence-corrected chi connectivity index (χ3v) is 2.67. The van der Waals surface area contributed by atoms with E-state index in [1.807, 2.05) is 24.6 Å². The minimum atomic E-state index is 0.108. The van der Waals surface area contributed by atoms with Gasteiger partial charge in [0, 0.05) is 6.04 Å². The summed E-state index contributed by atoms with van der Waals surface area (Å²) in [5.74, 6) is 0. The second kappa shape index (κ2) is 2.84. The van der Waals surface area contributed by atoms with Crippen molar-refractivity contribution in [2.45, 2.75) is 13.0 Å². The topological polar surface area (TPSA) is 38.9 Å². The molecular formula is C9H10N2S. The first kappa shape index (κ1) is 7.71. The van der Waals surface area contributed by atoms with Gasteiger partial charge in [0.1, 0.15) is 0 Å². The van der Waals surface area contributed by atoms with E-state index < -0.39 is 0 Å². The van der Waals surface area contributed by atoms with Gasteiger partial charge < -0.3 is 5.73 Å². The Bertz CT molecular complexity index is 392. The predicted molar refractivity (Wildman–Crippen MR) is 52.2 cm³/mol. The standard InChI is InChI=1S/C9H10N2S/c1-6(10)7-2-3-8-9(4-7)12-5-11-8/h2-6H,10H2,1H3/t6-/m1/s1. The number of nitrogens with two attached hydrogens (primary N) is 1. The third-order valence-electron chi connectivity index (χ3n) is 1.88. The summed E-state index contributed by atoms with van der Waals surface area (Å²) in [7, 11) is 0. The van der Waals surface area contributed by atoms with Crippen LogP contribution in [-0.2, 0) is 0 Å². The zero-order valence-corrected chi connectivity index (χ0v) is 7.64. The van der Waals surface area contributed by atoms with Gasteiger partial charge >= 0.3 is 0 Å². The fourth-order valence-electron chi connectivity index (χ4n) is 1.15. The van der Waals surface area contributed by atoms with Gasteiger partial charge in [0.05, 0.1) is 15.7 Å². The van der Waals surface area contributed by atoms with E-state index in [0.29, 0.717) is 0 Å². The summed E-state index contributed by atoms with van der Waals surface area (Å²) < 4.78 is 1.21. The molecule has 0 aliphatic rings. The lowest BCUT2D eigenvalue weighted by Crippen LogP contribution is -2.03. The molecule has 2 aromatic rings. The van der Waals surface area contributed by atoms with Gasteiger partial charge in [-0.15, -0.1) is 11.3 Å². The van der Waals surface area contributed by atoms with Crippen molar-refractivity contribution < 1.29 is 0 Å². The van der Waals surface area contributed by atoms with Gasteiger partial charge in [0.25, 0.3) is 0 Å². The van der Waals surface area contributed by atoms with Gasteiger partial charge in [-0.2, -0.15) is 0 Å². The summed E-state index contributed by atoms with van der Waals surface area (Å²) >= 11 is 1.65. The van der Waals surface area contributed by atoms with Crippen LogP contribution in [0.2, 0.25) is 0 Å². The van der Waals surface area contributed by atoms with Gasteiger partial charge in [0.15, 0.2) is 0 Å². The van der Waals surface area contributed by atoms with Crippen LogP contribution in [-0.4, -0.2) is 4.98 Å². The fourth-order valence-corrected chi connectivity index (χ4v) is 1.88. The molecule has 0 saturated carbocycles. The van der Waals surface area contributed by atoms with Crippen LogP contribution in [0.4, 0.5) is 0 Å². The average Bonchev–Trinajstić information content (AvgIpc) is 2.49. The van der Waals surface area contributed by atoms with Crippen molar-refractivity contribution in [2.24, 2.45) is 5.73 Å². The van der Waals surface area contributed by atoms with Crippen molar-refractivity contribution in [3.63, 3.8) is 0 Å².